The van der Waals surface area contributed by atoms with Crippen molar-refractivity contribution in [3.05, 3.63) is 47.8 Å². The first kappa shape index (κ1) is 14.6. The lowest BCUT2D eigenvalue weighted by Crippen LogP contribution is -2.37. The van der Waals surface area contributed by atoms with Crippen molar-refractivity contribution in [2.45, 2.75) is 32.0 Å². The number of nitrogens with zero attached hydrogens (tertiary/aromatic N) is 3. The number of aromatic nitrogens is 3. The quantitative estimate of drug-likeness (QED) is 0.933. The van der Waals surface area contributed by atoms with Gasteiger partial charge in [0.25, 0.3) is 5.91 Å². The van der Waals surface area contributed by atoms with Crippen LogP contribution < -0.4 is 5.32 Å². The first-order valence-corrected chi connectivity index (χ1v) is 7.23. The Morgan fingerprint density at radius 2 is 2.41 bits per heavy atom. The smallest absolute Gasteiger partial charge is 0.254 e. The molecule has 0 unspecified atom stereocenters. The third kappa shape index (κ3) is 2.85. The van der Waals surface area contributed by atoms with Crippen LogP contribution in [0, 0.1) is 5.82 Å². The molecule has 116 valence electrons. The van der Waals surface area contributed by atoms with Gasteiger partial charge in [0.1, 0.15) is 6.10 Å². The molecule has 6 nitrogen and oxygen atoms in total. The van der Waals surface area contributed by atoms with Crippen LogP contribution in [-0.4, -0.2) is 33.3 Å². The van der Waals surface area contributed by atoms with E-state index < -0.39 is 11.7 Å². The summed E-state index contributed by atoms with van der Waals surface area (Å²) >= 11 is 0. The van der Waals surface area contributed by atoms with E-state index in [-0.39, 0.29) is 17.7 Å². The number of amides is 1. The Kier molecular flexibility index (Phi) is 4.15. The number of pyridine rings is 1. The average Bonchev–Trinajstić information content (AvgIpc) is 3.15. The van der Waals surface area contributed by atoms with E-state index in [0.29, 0.717) is 13.0 Å². The fourth-order valence-corrected chi connectivity index (χ4v) is 2.57. The van der Waals surface area contributed by atoms with Gasteiger partial charge < -0.3 is 10.1 Å². The summed E-state index contributed by atoms with van der Waals surface area (Å²) < 4.78 is 21.1. The van der Waals surface area contributed by atoms with E-state index in [1.807, 2.05) is 13.1 Å². The molecule has 0 aliphatic carbocycles. The molecule has 22 heavy (non-hydrogen) atoms. The second kappa shape index (κ2) is 6.23. The molecule has 0 radical (unpaired) electrons. The summed E-state index contributed by atoms with van der Waals surface area (Å²) in [7, 11) is 0. The summed E-state index contributed by atoms with van der Waals surface area (Å²) in [5, 5.41) is 7.06. The van der Waals surface area contributed by atoms with Gasteiger partial charge in [0.05, 0.1) is 24.0 Å². The second-order valence-electron chi connectivity index (χ2n) is 5.14. The van der Waals surface area contributed by atoms with Crippen LogP contribution in [0.15, 0.2) is 30.9 Å². The number of carbonyl (C=O) groups excluding carboxylic acids is 1. The predicted octanol–water partition coefficient (Wildman–Crippen LogP) is 1.70. The molecule has 0 aromatic carbocycles. The molecular formula is C15H17FN4O2. The lowest BCUT2D eigenvalue weighted by molar-refractivity contribution is 0.0818. The van der Waals surface area contributed by atoms with Crippen molar-refractivity contribution in [1.29, 1.82) is 0 Å². The number of halogens is 1. The highest BCUT2D eigenvalue weighted by Crippen LogP contribution is 2.29. The highest BCUT2D eigenvalue weighted by atomic mass is 19.1. The third-order valence-corrected chi connectivity index (χ3v) is 3.73. The highest BCUT2D eigenvalue weighted by Gasteiger charge is 2.32. The summed E-state index contributed by atoms with van der Waals surface area (Å²) in [5.41, 5.74) is 0.907. The zero-order valence-corrected chi connectivity index (χ0v) is 12.2. The number of ether oxygens (including phenoxy) is 1. The summed E-state index contributed by atoms with van der Waals surface area (Å²) in [5.74, 6) is -1.09. The summed E-state index contributed by atoms with van der Waals surface area (Å²) in [6, 6.07) is 1.17. The van der Waals surface area contributed by atoms with Crippen molar-refractivity contribution < 1.29 is 13.9 Å². The van der Waals surface area contributed by atoms with Gasteiger partial charge in [-0.25, -0.2) is 4.39 Å². The fourth-order valence-electron chi connectivity index (χ4n) is 2.57. The van der Waals surface area contributed by atoms with Crippen LogP contribution in [0.2, 0.25) is 0 Å². The van der Waals surface area contributed by atoms with E-state index in [4.69, 9.17) is 4.74 Å². The van der Waals surface area contributed by atoms with Gasteiger partial charge in [-0.1, -0.05) is 0 Å². The SMILES string of the molecule is CCn1cc([C@H]2OCC[C@@H]2NC(=O)c2ccncc2F)cn1. The molecule has 2 atom stereocenters. The standard InChI is InChI=1S/C15H17FN4O2/c1-2-20-9-10(7-18-20)14-13(4-6-22-14)19-15(21)11-3-5-17-8-12(11)16/h3,5,7-9,13-14H,2,4,6H2,1H3,(H,19,21)/t13-,14+/m0/s1. The topological polar surface area (TPSA) is 69.0 Å². The Hall–Kier alpha value is -2.28. The van der Waals surface area contributed by atoms with E-state index in [9.17, 15) is 9.18 Å². The maximum absolute atomic E-state index is 13.6. The molecular weight excluding hydrogens is 287 g/mol. The first-order valence-electron chi connectivity index (χ1n) is 7.23. The summed E-state index contributed by atoms with van der Waals surface area (Å²) in [4.78, 5) is 15.8. The molecule has 0 spiro atoms. The third-order valence-electron chi connectivity index (χ3n) is 3.73. The van der Waals surface area contributed by atoms with E-state index in [2.05, 4.69) is 15.4 Å². The molecule has 0 saturated carbocycles. The number of aryl methyl sites for hydroxylation is 1. The van der Waals surface area contributed by atoms with Gasteiger partial charge in [0, 0.05) is 31.1 Å². The maximum Gasteiger partial charge on any atom is 0.254 e. The van der Waals surface area contributed by atoms with Crippen LogP contribution in [0.5, 0.6) is 0 Å². The summed E-state index contributed by atoms with van der Waals surface area (Å²) in [6.45, 7) is 3.31. The molecule has 7 heteroatoms. The molecule has 2 aromatic rings. The molecule has 3 rings (SSSR count). The minimum absolute atomic E-state index is 0.00935. The van der Waals surface area contributed by atoms with Crippen molar-refractivity contribution in [1.82, 2.24) is 20.1 Å². The van der Waals surface area contributed by atoms with Gasteiger partial charge in [-0.05, 0) is 19.4 Å². The van der Waals surface area contributed by atoms with Gasteiger partial charge in [-0.3, -0.25) is 14.5 Å². The number of carbonyl (C=O) groups is 1. The van der Waals surface area contributed by atoms with E-state index in [0.717, 1.165) is 18.3 Å². The van der Waals surface area contributed by atoms with Crippen molar-refractivity contribution in [3.63, 3.8) is 0 Å². The molecule has 1 N–H and O–H groups in total. The van der Waals surface area contributed by atoms with Crippen LogP contribution >= 0.6 is 0 Å². The predicted molar refractivity (Wildman–Crippen MR) is 76.7 cm³/mol. The Morgan fingerprint density at radius 1 is 1.55 bits per heavy atom. The molecule has 1 aliphatic rings. The van der Waals surface area contributed by atoms with Crippen LogP contribution in [0.4, 0.5) is 4.39 Å². The zero-order valence-electron chi connectivity index (χ0n) is 12.2. The van der Waals surface area contributed by atoms with Crippen molar-refractivity contribution in [2.75, 3.05) is 6.61 Å². The van der Waals surface area contributed by atoms with Gasteiger partial charge >= 0.3 is 0 Å². The Morgan fingerprint density at radius 3 is 3.14 bits per heavy atom. The largest absolute Gasteiger partial charge is 0.371 e. The molecule has 1 saturated heterocycles. The minimum atomic E-state index is -0.630. The molecule has 0 bridgehead atoms. The number of hydrogen-bond donors (Lipinski definition) is 1. The monoisotopic (exact) mass is 304 g/mol. The van der Waals surface area contributed by atoms with Crippen LogP contribution in [0.3, 0.4) is 0 Å². The molecule has 2 aromatic heterocycles. The minimum Gasteiger partial charge on any atom is -0.371 e. The van der Waals surface area contributed by atoms with Crippen LogP contribution in [0.25, 0.3) is 0 Å². The molecule has 3 heterocycles. The van der Waals surface area contributed by atoms with Gasteiger partial charge in [-0.2, -0.15) is 5.10 Å². The van der Waals surface area contributed by atoms with Gasteiger partial charge in [0.2, 0.25) is 0 Å². The lowest BCUT2D eigenvalue weighted by atomic mass is 10.0. The lowest BCUT2D eigenvalue weighted by Gasteiger charge is -2.19. The van der Waals surface area contributed by atoms with Gasteiger partial charge in [0.15, 0.2) is 5.82 Å². The van der Waals surface area contributed by atoms with E-state index in [1.165, 1.54) is 12.3 Å². The van der Waals surface area contributed by atoms with Crippen molar-refractivity contribution in [2.24, 2.45) is 0 Å². The average molecular weight is 304 g/mol. The number of hydrogen-bond acceptors (Lipinski definition) is 4. The fraction of sp³-hybridized carbons (Fsp3) is 0.400. The summed E-state index contributed by atoms with van der Waals surface area (Å²) in [6.07, 6.45) is 6.50. The van der Waals surface area contributed by atoms with E-state index in [1.54, 1.807) is 10.9 Å². The normalized spacial score (nSPS) is 21.0. The van der Waals surface area contributed by atoms with Crippen molar-refractivity contribution >= 4 is 5.91 Å². The number of rotatable bonds is 4. The van der Waals surface area contributed by atoms with E-state index >= 15 is 0 Å². The van der Waals surface area contributed by atoms with Gasteiger partial charge in [-0.15, -0.1) is 0 Å². The maximum atomic E-state index is 13.6. The number of nitrogens with one attached hydrogen (secondary N) is 1. The Labute approximate surface area is 127 Å². The Bertz CT molecular complexity index is 673. The Balaban J connectivity index is 1.74. The van der Waals surface area contributed by atoms with Crippen molar-refractivity contribution in [3.8, 4) is 0 Å². The molecule has 1 aliphatic heterocycles. The van der Waals surface area contributed by atoms with Crippen LogP contribution in [0.1, 0.15) is 35.4 Å². The second-order valence-corrected chi connectivity index (χ2v) is 5.14. The highest BCUT2D eigenvalue weighted by molar-refractivity contribution is 5.94. The molecule has 1 amide bonds. The first-order chi connectivity index (χ1) is 10.7. The molecule has 1 fully saturated rings. The zero-order chi connectivity index (χ0) is 15.5. The van der Waals surface area contributed by atoms with Crippen LogP contribution in [-0.2, 0) is 11.3 Å².